The molecule has 2 N–H and O–H groups in total. The summed E-state index contributed by atoms with van der Waals surface area (Å²) in [5.74, 6) is -0.410. The molecule has 5 aromatic rings. The number of anilines is 1. The van der Waals surface area contributed by atoms with Crippen molar-refractivity contribution in [2.75, 3.05) is 57.3 Å². The van der Waals surface area contributed by atoms with E-state index < -0.39 is 31.4 Å². The molecular weight excluding hydrogens is 906 g/mol. The second-order valence-electron chi connectivity index (χ2n) is 19.4. The van der Waals surface area contributed by atoms with Crippen LogP contribution < -0.4 is 19.1 Å². The number of aromatic nitrogens is 2. The maximum Gasteiger partial charge on any atom is 0.277 e. The summed E-state index contributed by atoms with van der Waals surface area (Å²) in [4.78, 5) is 52.2. The van der Waals surface area contributed by atoms with Gasteiger partial charge in [-0.1, -0.05) is 43.2 Å². The Kier molecular flexibility index (Phi) is 13.8. The number of piperazine rings is 1. The molecule has 1 aliphatic carbocycles. The largest absolute Gasteiger partial charge is 0.493 e. The second-order valence-corrected chi connectivity index (χ2v) is 21.5. The van der Waals surface area contributed by atoms with Crippen LogP contribution in [0.25, 0.3) is 16.6 Å². The summed E-state index contributed by atoms with van der Waals surface area (Å²) in [5.41, 5.74) is 5.57. The molecule has 68 heavy (non-hydrogen) atoms. The van der Waals surface area contributed by atoms with Crippen LogP contribution in [0, 0.1) is 21.4 Å². The normalized spacial score (nSPS) is 18.8. The number of amides is 2. The molecule has 0 saturated carbocycles. The quantitative estimate of drug-likeness (QED) is 0.0799. The standard InChI is InChI=1S/C51H58ClN7O8S/c1-51(2)17-15-37(44(30-51)35-9-11-38(52)12-10-35)32-56-21-23-57(24-22-56)39-13-14-42(47(27-39)67-40-26-36-16-18-53-49(36)54-31-40)50(61)55-68(64,65)41-28-45(59(62)63)43-25-34(33-66-46(43)29-41)7-6-8-48(60)58-19-4-3-5-20-58/h9-14,16,18,26-29,31,34H,3-8,15,17,19-25,30,32-33H2,1-2H3,(H,53,54)(H,55,61)/t34-/m0/s1. The van der Waals surface area contributed by atoms with Gasteiger partial charge < -0.3 is 24.3 Å². The molecular formula is C51H58ClN7O8S. The van der Waals surface area contributed by atoms with Gasteiger partial charge in [-0.05, 0) is 117 Å². The minimum atomic E-state index is -4.66. The summed E-state index contributed by atoms with van der Waals surface area (Å²) < 4.78 is 42.4. The highest BCUT2D eigenvalue weighted by Gasteiger charge is 2.34. The third kappa shape index (κ3) is 10.8. The number of allylic oxidation sites excluding steroid dienone is 1. The number of nitrogens with one attached hydrogen (secondary N) is 2. The molecule has 5 heterocycles. The van der Waals surface area contributed by atoms with Gasteiger partial charge in [-0.2, -0.15) is 0 Å². The maximum absolute atomic E-state index is 14.1. The predicted octanol–water partition coefficient (Wildman–Crippen LogP) is 9.56. The van der Waals surface area contributed by atoms with E-state index in [0.29, 0.717) is 50.2 Å². The number of nitro benzene ring substituents is 1. The zero-order chi connectivity index (χ0) is 47.6. The van der Waals surface area contributed by atoms with Crippen molar-refractivity contribution in [1.29, 1.82) is 0 Å². The average molecular weight is 965 g/mol. The Hall–Kier alpha value is -5.97. The van der Waals surface area contributed by atoms with Gasteiger partial charge in [0.05, 0.1) is 33.7 Å². The summed E-state index contributed by atoms with van der Waals surface area (Å²) >= 11 is 6.25. The van der Waals surface area contributed by atoms with E-state index in [1.807, 2.05) is 23.1 Å². The molecule has 15 nitrogen and oxygen atoms in total. The van der Waals surface area contributed by atoms with Gasteiger partial charge in [0.25, 0.3) is 21.6 Å². The maximum atomic E-state index is 14.1. The summed E-state index contributed by atoms with van der Waals surface area (Å²) in [7, 11) is -4.66. The van der Waals surface area contributed by atoms with E-state index in [1.54, 1.807) is 24.4 Å². The lowest BCUT2D eigenvalue weighted by Gasteiger charge is -2.39. The molecule has 0 unspecified atom stereocenters. The number of sulfonamides is 1. The molecule has 1 atom stereocenters. The molecule has 9 rings (SSSR count). The first-order chi connectivity index (χ1) is 32.7. The first-order valence-electron chi connectivity index (χ1n) is 23.7. The molecule has 3 aromatic carbocycles. The van der Waals surface area contributed by atoms with E-state index in [-0.39, 0.29) is 46.5 Å². The third-order valence-corrected chi connectivity index (χ3v) is 15.5. The number of fused-ring (bicyclic) bond motifs is 2. The Labute approximate surface area is 402 Å². The Morgan fingerprint density at radius 2 is 1.78 bits per heavy atom. The van der Waals surface area contributed by atoms with Crippen molar-refractivity contribution in [3.63, 3.8) is 0 Å². The van der Waals surface area contributed by atoms with Gasteiger partial charge in [0.1, 0.15) is 22.9 Å². The van der Waals surface area contributed by atoms with Crippen LogP contribution in [0.1, 0.15) is 93.1 Å². The van der Waals surface area contributed by atoms with Gasteiger partial charge in [-0.15, -0.1) is 0 Å². The van der Waals surface area contributed by atoms with E-state index in [4.69, 9.17) is 21.1 Å². The van der Waals surface area contributed by atoms with Crippen molar-refractivity contribution < 1.29 is 32.4 Å². The zero-order valence-corrected chi connectivity index (χ0v) is 40.2. The second kappa shape index (κ2) is 19.9. The van der Waals surface area contributed by atoms with E-state index in [1.165, 1.54) is 35.0 Å². The molecule has 2 aromatic heterocycles. The number of rotatable bonds is 14. The summed E-state index contributed by atoms with van der Waals surface area (Å²) in [6, 6.07) is 19.0. The highest BCUT2D eigenvalue weighted by Crippen LogP contribution is 2.44. The fraction of sp³-hybridized carbons (Fsp3) is 0.431. The summed E-state index contributed by atoms with van der Waals surface area (Å²) in [6.45, 7) is 10.4. The molecule has 358 valence electrons. The molecule has 0 radical (unpaired) electrons. The highest BCUT2D eigenvalue weighted by atomic mass is 35.5. The Balaban J connectivity index is 0.907. The van der Waals surface area contributed by atoms with Gasteiger partial charge >= 0.3 is 0 Å². The minimum absolute atomic E-state index is 0.0580. The smallest absolute Gasteiger partial charge is 0.277 e. The lowest BCUT2D eigenvalue weighted by molar-refractivity contribution is -0.386. The van der Waals surface area contributed by atoms with E-state index in [0.717, 1.165) is 93.4 Å². The van der Waals surface area contributed by atoms with Crippen molar-refractivity contribution in [3.8, 4) is 17.2 Å². The SMILES string of the molecule is CC1(C)CCC(CN2CCN(c3ccc(C(=O)NS(=O)(=O)c4cc5c(c([N+](=O)[O-])c4)C[C@H](CCCC(=O)N4CCCCC4)CO5)c(Oc4cnc5[nH]ccc5c4)c3)CC2)=C(c2ccc(Cl)cc2)C1. The predicted molar refractivity (Wildman–Crippen MR) is 262 cm³/mol. The van der Waals surface area contributed by atoms with Crippen molar-refractivity contribution >= 4 is 61.4 Å². The summed E-state index contributed by atoms with van der Waals surface area (Å²) in [6.07, 6.45) is 11.6. The number of benzene rings is 3. The first kappa shape index (κ1) is 47.1. The number of carbonyl (C=O) groups excluding carboxylic acids is 2. The average Bonchev–Trinajstić information content (AvgIpc) is 3.80. The number of halogens is 1. The van der Waals surface area contributed by atoms with Gasteiger partial charge in [0.15, 0.2) is 0 Å². The van der Waals surface area contributed by atoms with E-state index in [9.17, 15) is 28.1 Å². The fourth-order valence-electron chi connectivity index (χ4n) is 10.1. The number of aromatic amines is 1. The van der Waals surface area contributed by atoms with Gasteiger partial charge in [-0.3, -0.25) is 24.6 Å². The molecule has 2 amide bonds. The number of nitrogens with zero attached hydrogens (tertiary/aromatic N) is 5. The number of ether oxygens (including phenoxy) is 2. The number of carbonyl (C=O) groups is 2. The molecule has 17 heteroatoms. The van der Waals surface area contributed by atoms with Gasteiger partial charge in [-0.25, -0.2) is 18.1 Å². The molecule has 2 saturated heterocycles. The van der Waals surface area contributed by atoms with Crippen molar-refractivity contribution in [2.24, 2.45) is 11.3 Å². The molecule has 2 fully saturated rings. The summed E-state index contributed by atoms with van der Waals surface area (Å²) in [5, 5.41) is 13.9. The number of pyridine rings is 1. The van der Waals surface area contributed by atoms with Crippen LogP contribution >= 0.6 is 11.6 Å². The first-order valence-corrected chi connectivity index (χ1v) is 25.5. The Morgan fingerprint density at radius 3 is 2.54 bits per heavy atom. The van der Waals surface area contributed by atoms with E-state index >= 15 is 0 Å². The van der Waals surface area contributed by atoms with Crippen LogP contribution in [0.15, 0.2) is 89.6 Å². The van der Waals surface area contributed by atoms with Crippen LogP contribution in [0.4, 0.5) is 11.4 Å². The van der Waals surface area contributed by atoms with E-state index in [2.05, 4.69) is 50.5 Å². The highest BCUT2D eigenvalue weighted by molar-refractivity contribution is 7.90. The fourth-order valence-corrected chi connectivity index (χ4v) is 11.2. The van der Waals surface area contributed by atoms with Gasteiger partial charge in [0, 0.05) is 92.7 Å². The van der Waals surface area contributed by atoms with Crippen LogP contribution in [0.5, 0.6) is 17.2 Å². The molecule has 4 aliphatic rings. The lowest BCUT2D eigenvalue weighted by Crippen LogP contribution is -2.47. The van der Waals surface area contributed by atoms with Crippen LogP contribution in [-0.2, 0) is 21.2 Å². The number of piperidine rings is 1. The number of hydrogen-bond acceptors (Lipinski definition) is 11. The minimum Gasteiger partial charge on any atom is -0.493 e. The number of H-pyrrole nitrogens is 1. The number of nitro groups is 1. The third-order valence-electron chi connectivity index (χ3n) is 13.9. The van der Waals surface area contributed by atoms with Crippen LogP contribution in [-0.4, -0.2) is 97.3 Å². The Bertz CT molecular complexity index is 2850. The van der Waals surface area contributed by atoms with Crippen molar-refractivity contribution in [1.82, 2.24) is 24.5 Å². The lowest BCUT2D eigenvalue weighted by atomic mass is 9.72. The van der Waals surface area contributed by atoms with Crippen LogP contribution in [0.2, 0.25) is 5.02 Å². The molecule has 0 bridgehead atoms. The van der Waals surface area contributed by atoms with Gasteiger partial charge in [0.2, 0.25) is 5.91 Å². The number of likely N-dealkylation sites (tertiary alicyclic amines) is 1. The van der Waals surface area contributed by atoms with Crippen LogP contribution in [0.3, 0.4) is 0 Å². The monoisotopic (exact) mass is 963 g/mol. The van der Waals surface area contributed by atoms with Crippen molar-refractivity contribution in [3.05, 3.63) is 117 Å². The Morgan fingerprint density at radius 1 is 1.00 bits per heavy atom. The topological polar surface area (TPSA) is 180 Å². The molecule has 0 spiro atoms. The number of hydrogen-bond donors (Lipinski definition) is 2. The zero-order valence-electron chi connectivity index (χ0n) is 38.6. The molecule has 3 aliphatic heterocycles. The van der Waals surface area contributed by atoms with Crippen molar-refractivity contribution in [2.45, 2.75) is 83.0 Å².